The Hall–Kier alpha value is -1.78. The van der Waals surface area contributed by atoms with Crippen molar-refractivity contribution < 1.29 is 9.66 Å². The highest BCUT2D eigenvalue weighted by atomic mass is 16.6. The molecule has 0 unspecified atom stereocenters. The zero-order valence-electron chi connectivity index (χ0n) is 11.9. The van der Waals surface area contributed by atoms with Crippen LogP contribution in [0.3, 0.4) is 0 Å². The molecule has 0 aliphatic heterocycles. The summed E-state index contributed by atoms with van der Waals surface area (Å²) in [6.07, 6.45) is 5.92. The number of nitrogens with zero attached hydrogens (tertiary/aromatic N) is 1. The third kappa shape index (κ3) is 4.11. The molecule has 5 heteroatoms. The maximum Gasteiger partial charge on any atom is 0.275 e. The molecular formula is C15H22N2O3. The lowest BCUT2D eigenvalue weighted by atomic mass is 10.1. The van der Waals surface area contributed by atoms with Gasteiger partial charge in [-0.25, -0.2) is 0 Å². The maximum atomic E-state index is 11.0. The molecule has 110 valence electrons. The molecule has 1 aliphatic rings. The van der Waals surface area contributed by atoms with E-state index in [1.807, 2.05) is 6.07 Å². The van der Waals surface area contributed by atoms with Crippen molar-refractivity contribution in [3.8, 4) is 5.75 Å². The van der Waals surface area contributed by atoms with Crippen molar-refractivity contribution in [3.63, 3.8) is 0 Å². The van der Waals surface area contributed by atoms with Crippen molar-refractivity contribution in [2.75, 3.05) is 18.5 Å². The van der Waals surface area contributed by atoms with Gasteiger partial charge in [0.2, 0.25) is 0 Å². The zero-order chi connectivity index (χ0) is 14.4. The third-order valence-electron chi connectivity index (χ3n) is 3.64. The van der Waals surface area contributed by atoms with Gasteiger partial charge in [-0.1, -0.05) is 19.8 Å². The van der Waals surface area contributed by atoms with E-state index in [9.17, 15) is 10.1 Å². The van der Waals surface area contributed by atoms with Gasteiger partial charge in [-0.2, -0.15) is 0 Å². The lowest BCUT2D eigenvalue weighted by Crippen LogP contribution is -2.08. The Balaban J connectivity index is 2.04. The number of nitro benzene ring substituents is 1. The molecule has 5 nitrogen and oxygen atoms in total. The van der Waals surface area contributed by atoms with Crippen molar-refractivity contribution >= 4 is 11.4 Å². The van der Waals surface area contributed by atoms with E-state index in [1.54, 1.807) is 6.07 Å². The topological polar surface area (TPSA) is 64.4 Å². The molecule has 2 rings (SSSR count). The first-order valence-electron chi connectivity index (χ1n) is 7.35. The number of rotatable bonds is 7. The fourth-order valence-electron chi connectivity index (χ4n) is 2.53. The van der Waals surface area contributed by atoms with Gasteiger partial charge in [-0.3, -0.25) is 10.1 Å². The molecular weight excluding hydrogens is 256 g/mol. The number of hydrogen-bond donors (Lipinski definition) is 1. The summed E-state index contributed by atoms with van der Waals surface area (Å²) in [7, 11) is 0. The molecule has 0 aromatic heterocycles. The van der Waals surface area contributed by atoms with Gasteiger partial charge in [-0.15, -0.1) is 0 Å². The van der Waals surface area contributed by atoms with Crippen LogP contribution in [0.1, 0.15) is 39.0 Å². The number of benzene rings is 1. The van der Waals surface area contributed by atoms with Crippen molar-refractivity contribution in [1.29, 1.82) is 0 Å². The zero-order valence-corrected chi connectivity index (χ0v) is 11.9. The van der Waals surface area contributed by atoms with Gasteiger partial charge in [0.25, 0.3) is 5.69 Å². The summed E-state index contributed by atoms with van der Waals surface area (Å²) < 4.78 is 5.76. The van der Waals surface area contributed by atoms with Crippen molar-refractivity contribution in [2.45, 2.75) is 39.0 Å². The summed E-state index contributed by atoms with van der Waals surface area (Å²) >= 11 is 0. The van der Waals surface area contributed by atoms with E-state index in [1.165, 1.54) is 31.7 Å². The van der Waals surface area contributed by atoms with Crippen LogP contribution in [-0.4, -0.2) is 18.1 Å². The van der Waals surface area contributed by atoms with Crippen molar-refractivity contribution in [3.05, 3.63) is 28.3 Å². The molecule has 0 atom stereocenters. The van der Waals surface area contributed by atoms with Gasteiger partial charge >= 0.3 is 0 Å². The van der Waals surface area contributed by atoms with Crippen LogP contribution in [0, 0.1) is 16.0 Å². The first-order valence-corrected chi connectivity index (χ1v) is 7.35. The van der Waals surface area contributed by atoms with Crippen LogP contribution < -0.4 is 10.1 Å². The summed E-state index contributed by atoms with van der Waals surface area (Å²) in [6, 6.07) is 4.90. The summed E-state index contributed by atoms with van der Waals surface area (Å²) in [4.78, 5) is 10.6. The molecule has 1 saturated carbocycles. The Morgan fingerprint density at radius 1 is 1.35 bits per heavy atom. The lowest BCUT2D eigenvalue weighted by molar-refractivity contribution is -0.384. The minimum absolute atomic E-state index is 0.0764. The normalized spacial score (nSPS) is 15.2. The van der Waals surface area contributed by atoms with Crippen LogP contribution in [0.4, 0.5) is 11.4 Å². The molecule has 1 N–H and O–H groups in total. The minimum Gasteiger partial charge on any atom is -0.493 e. The summed E-state index contributed by atoms with van der Waals surface area (Å²) in [5.74, 6) is 1.19. The molecule has 1 aromatic carbocycles. The van der Waals surface area contributed by atoms with Crippen LogP contribution in [0.25, 0.3) is 0 Å². The van der Waals surface area contributed by atoms with E-state index in [2.05, 4.69) is 12.2 Å². The average Bonchev–Trinajstić information content (AvgIpc) is 2.96. The third-order valence-corrected chi connectivity index (χ3v) is 3.64. The van der Waals surface area contributed by atoms with Gasteiger partial charge in [0.05, 0.1) is 17.6 Å². The summed E-state index contributed by atoms with van der Waals surface area (Å²) in [5.41, 5.74) is 0.829. The molecule has 0 saturated heterocycles. The van der Waals surface area contributed by atoms with Crippen LogP contribution in [0.15, 0.2) is 18.2 Å². The Bertz CT molecular complexity index is 456. The molecule has 0 heterocycles. The SMILES string of the molecule is CCCNc1cc(OCC2CCCC2)cc([N+](=O)[O-])c1. The number of nitro groups is 1. The second-order valence-corrected chi connectivity index (χ2v) is 5.36. The molecule has 1 aromatic rings. The minimum atomic E-state index is -0.375. The van der Waals surface area contributed by atoms with Crippen LogP contribution in [0.5, 0.6) is 5.75 Å². The predicted molar refractivity (Wildman–Crippen MR) is 79.3 cm³/mol. The molecule has 20 heavy (non-hydrogen) atoms. The van der Waals surface area contributed by atoms with E-state index in [-0.39, 0.29) is 10.6 Å². The van der Waals surface area contributed by atoms with E-state index in [0.717, 1.165) is 18.7 Å². The molecule has 0 bridgehead atoms. The Labute approximate surface area is 119 Å². The Morgan fingerprint density at radius 2 is 2.10 bits per heavy atom. The Kier molecular flexibility index (Phi) is 5.21. The number of anilines is 1. The van der Waals surface area contributed by atoms with Gasteiger partial charge in [0.15, 0.2) is 0 Å². The van der Waals surface area contributed by atoms with Gasteiger partial charge < -0.3 is 10.1 Å². The highest BCUT2D eigenvalue weighted by molar-refractivity contribution is 5.56. The molecule has 1 aliphatic carbocycles. The van der Waals surface area contributed by atoms with E-state index in [4.69, 9.17) is 4.74 Å². The lowest BCUT2D eigenvalue weighted by Gasteiger charge is -2.13. The second-order valence-electron chi connectivity index (χ2n) is 5.36. The fraction of sp³-hybridized carbons (Fsp3) is 0.600. The number of hydrogen-bond acceptors (Lipinski definition) is 4. The van der Waals surface area contributed by atoms with Gasteiger partial charge in [-0.05, 0) is 25.2 Å². The summed E-state index contributed by atoms with van der Waals surface area (Å²) in [6.45, 7) is 3.51. The van der Waals surface area contributed by atoms with E-state index in [0.29, 0.717) is 18.3 Å². The second kappa shape index (κ2) is 7.12. The van der Waals surface area contributed by atoms with Crippen molar-refractivity contribution in [2.24, 2.45) is 5.92 Å². The smallest absolute Gasteiger partial charge is 0.275 e. The van der Waals surface area contributed by atoms with Gasteiger partial charge in [0.1, 0.15) is 5.75 Å². The maximum absolute atomic E-state index is 11.0. The van der Waals surface area contributed by atoms with E-state index < -0.39 is 0 Å². The quantitative estimate of drug-likeness (QED) is 0.605. The fourth-order valence-corrected chi connectivity index (χ4v) is 2.53. The van der Waals surface area contributed by atoms with Crippen molar-refractivity contribution in [1.82, 2.24) is 0 Å². The number of ether oxygens (including phenoxy) is 1. The molecule has 1 fully saturated rings. The summed E-state index contributed by atoms with van der Waals surface area (Å²) in [5, 5.41) is 14.1. The molecule has 0 amide bonds. The Morgan fingerprint density at radius 3 is 2.75 bits per heavy atom. The highest BCUT2D eigenvalue weighted by Gasteiger charge is 2.17. The standard InChI is InChI=1S/C15H22N2O3/c1-2-7-16-13-8-14(17(18)19)10-15(9-13)20-11-12-5-3-4-6-12/h8-10,12,16H,2-7,11H2,1H3. The van der Waals surface area contributed by atoms with Crippen LogP contribution >= 0.6 is 0 Å². The molecule has 0 radical (unpaired) electrons. The van der Waals surface area contributed by atoms with E-state index >= 15 is 0 Å². The average molecular weight is 278 g/mol. The van der Waals surface area contributed by atoms with Gasteiger partial charge in [0, 0.05) is 24.4 Å². The first-order chi connectivity index (χ1) is 9.69. The number of nitrogens with one attached hydrogen (secondary N) is 1. The molecule has 0 spiro atoms. The monoisotopic (exact) mass is 278 g/mol. The van der Waals surface area contributed by atoms with Crippen LogP contribution in [0.2, 0.25) is 0 Å². The predicted octanol–water partition coefficient (Wildman–Crippen LogP) is 3.99. The first kappa shape index (κ1) is 14.6. The highest BCUT2D eigenvalue weighted by Crippen LogP contribution is 2.29. The van der Waals surface area contributed by atoms with Crippen LogP contribution in [-0.2, 0) is 0 Å². The number of non-ortho nitro benzene ring substituents is 1. The largest absolute Gasteiger partial charge is 0.493 e.